The maximum absolute atomic E-state index is 11.8. The lowest BCUT2D eigenvalue weighted by Gasteiger charge is -2.40. The van der Waals surface area contributed by atoms with Crippen molar-refractivity contribution < 1.29 is 5.11 Å². The van der Waals surface area contributed by atoms with Crippen molar-refractivity contribution in [3.05, 3.63) is 71.8 Å². The molecule has 1 fully saturated rings. The molecule has 0 amide bonds. The fourth-order valence-electron chi connectivity index (χ4n) is 3.63. The maximum atomic E-state index is 11.8. The Bertz CT molecular complexity index is 547. The van der Waals surface area contributed by atoms with Crippen LogP contribution in [0.5, 0.6) is 0 Å². The molecule has 0 aromatic heterocycles. The van der Waals surface area contributed by atoms with Gasteiger partial charge < -0.3 is 9.92 Å². The summed E-state index contributed by atoms with van der Waals surface area (Å²) < 4.78 is 0. The van der Waals surface area contributed by atoms with Crippen molar-refractivity contribution in [2.45, 2.75) is 37.7 Å². The van der Waals surface area contributed by atoms with Crippen molar-refractivity contribution in [1.82, 2.24) is 4.81 Å². The second kappa shape index (κ2) is 6.68. The lowest BCUT2D eigenvalue weighted by molar-refractivity contribution is 0.0198. The zero-order valence-electron chi connectivity index (χ0n) is 13.2. The van der Waals surface area contributed by atoms with Crippen LogP contribution in [-0.2, 0) is 5.60 Å². The Kier molecular flexibility index (Phi) is 4.65. The van der Waals surface area contributed by atoms with Crippen molar-refractivity contribution in [2.24, 2.45) is 0 Å². The minimum absolute atomic E-state index is 0.0947. The van der Waals surface area contributed by atoms with E-state index in [9.17, 15) is 5.11 Å². The zero-order chi connectivity index (χ0) is 15.4. The normalized spacial score (nSPS) is 19.3. The van der Waals surface area contributed by atoms with E-state index in [1.54, 1.807) is 0 Å². The molecular formula is C19H23BNO. The molecular weight excluding hydrogens is 269 g/mol. The number of hydrogen-bond acceptors (Lipinski definition) is 2. The average molecular weight is 292 g/mol. The van der Waals surface area contributed by atoms with Gasteiger partial charge in [-0.05, 0) is 30.5 Å². The van der Waals surface area contributed by atoms with E-state index in [4.69, 9.17) is 0 Å². The van der Waals surface area contributed by atoms with Gasteiger partial charge in [-0.2, -0.15) is 0 Å². The molecule has 22 heavy (non-hydrogen) atoms. The molecule has 1 radical (unpaired) electrons. The summed E-state index contributed by atoms with van der Waals surface area (Å²) in [7, 11) is 2.23. The van der Waals surface area contributed by atoms with Crippen molar-refractivity contribution in [1.29, 1.82) is 0 Å². The molecule has 0 aliphatic carbocycles. The van der Waals surface area contributed by atoms with E-state index in [0.29, 0.717) is 0 Å². The maximum Gasteiger partial charge on any atom is 0.208 e. The summed E-state index contributed by atoms with van der Waals surface area (Å²) >= 11 is 0. The number of aliphatic hydroxyl groups is 1. The van der Waals surface area contributed by atoms with E-state index in [0.717, 1.165) is 36.8 Å². The average Bonchev–Trinajstić information content (AvgIpc) is 3.05. The van der Waals surface area contributed by atoms with E-state index < -0.39 is 5.60 Å². The van der Waals surface area contributed by atoms with E-state index in [1.807, 2.05) is 60.7 Å². The van der Waals surface area contributed by atoms with Gasteiger partial charge >= 0.3 is 0 Å². The Labute approximate surface area is 134 Å². The van der Waals surface area contributed by atoms with Crippen LogP contribution in [0.4, 0.5) is 0 Å². The quantitative estimate of drug-likeness (QED) is 0.853. The van der Waals surface area contributed by atoms with Crippen LogP contribution >= 0.6 is 0 Å². The summed E-state index contributed by atoms with van der Waals surface area (Å²) in [4.78, 5) is 2.33. The molecule has 1 unspecified atom stereocenters. The van der Waals surface area contributed by atoms with Gasteiger partial charge in [0.25, 0.3) is 0 Å². The molecule has 1 aliphatic heterocycles. The van der Waals surface area contributed by atoms with Gasteiger partial charge in [-0.1, -0.05) is 73.9 Å². The summed E-state index contributed by atoms with van der Waals surface area (Å²) in [5.41, 5.74) is 0.982. The van der Waals surface area contributed by atoms with Crippen LogP contribution in [-0.4, -0.2) is 29.9 Å². The summed E-state index contributed by atoms with van der Waals surface area (Å²) in [6.45, 7) is 3.18. The van der Waals surface area contributed by atoms with Crippen molar-refractivity contribution in [2.75, 3.05) is 6.54 Å². The second-order valence-electron chi connectivity index (χ2n) is 5.99. The number of benzene rings is 2. The second-order valence-corrected chi connectivity index (χ2v) is 5.99. The zero-order valence-corrected chi connectivity index (χ0v) is 13.2. The van der Waals surface area contributed by atoms with Crippen LogP contribution in [0.25, 0.3) is 0 Å². The predicted molar refractivity (Wildman–Crippen MR) is 91.8 cm³/mol. The van der Waals surface area contributed by atoms with Gasteiger partial charge in [0.2, 0.25) is 7.41 Å². The van der Waals surface area contributed by atoms with Crippen LogP contribution < -0.4 is 0 Å². The SMILES string of the molecule is CC[B]N1CCCC1C(O)(c1ccccc1)c1ccccc1. The number of hydrogen-bond donors (Lipinski definition) is 1. The van der Waals surface area contributed by atoms with Gasteiger partial charge in [0, 0.05) is 6.04 Å². The Hall–Kier alpha value is -1.58. The number of nitrogens with zero attached hydrogens (tertiary/aromatic N) is 1. The van der Waals surface area contributed by atoms with Gasteiger partial charge in [-0.3, -0.25) is 0 Å². The number of rotatable bonds is 5. The van der Waals surface area contributed by atoms with Crippen LogP contribution in [0.15, 0.2) is 60.7 Å². The first kappa shape index (κ1) is 15.3. The summed E-state index contributed by atoms with van der Waals surface area (Å²) in [6, 6.07) is 20.3. The van der Waals surface area contributed by atoms with Gasteiger partial charge in [0.05, 0.1) is 0 Å². The standard InChI is InChI=1S/C19H23BNO/c1-2-20-21-15-9-14-18(21)19(22,16-10-5-3-6-11-16)17-12-7-4-8-13-17/h3-8,10-13,18,22H,2,9,14-15H2,1H3. The van der Waals surface area contributed by atoms with E-state index in [-0.39, 0.29) is 6.04 Å². The molecule has 0 saturated carbocycles. The molecule has 2 aromatic rings. The summed E-state index contributed by atoms with van der Waals surface area (Å²) in [6.07, 6.45) is 3.14. The Morgan fingerprint density at radius 1 is 1.05 bits per heavy atom. The highest BCUT2D eigenvalue weighted by molar-refractivity contribution is 6.32. The molecule has 2 nitrogen and oxygen atoms in total. The van der Waals surface area contributed by atoms with E-state index in [1.165, 1.54) is 0 Å². The third-order valence-electron chi connectivity index (χ3n) is 4.62. The van der Waals surface area contributed by atoms with Crippen molar-refractivity contribution >= 4 is 7.41 Å². The van der Waals surface area contributed by atoms with Crippen LogP contribution in [0.3, 0.4) is 0 Å². The first-order chi connectivity index (χ1) is 10.8. The van der Waals surface area contributed by atoms with Gasteiger partial charge in [-0.25, -0.2) is 0 Å². The molecule has 1 heterocycles. The van der Waals surface area contributed by atoms with E-state index >= 15 is 0 Å². The highest BCUT2D eigenvalue weighted by Crippen LogP contribution is 2.39. The molecule has 0 bridgehead atoms. The highest BCUT2D eigenvalue weighted by Gasteiger charge is 2.44. The molecule has 1 aliphatic rings. The third kappa shape index (κ3) is 2.71. The van der Waals surface area contributed by atoms with Gasteiger partial charge in [-0.15, -0.1) is 0 Å². The fourth-order valence-corrected chi connectivity index (χ4v) is 3.63. The minimum Gasteiger partial charge on any atom is -0.379 e. The molecule has 113 valence electrons. The monoisotopic (exact) mass is 292 g/mol. The topological polar surface area (TPSA) is 23.5 Å². The molecule has 1 atom stereocenters. The molecule has 0 spiro atoms. The molecule has 2 aromatic carbocycles. The van der Waals surface area contributed by atoms with E-state index in [2.05, 4.69) is 19.1 Å². The van der Waals surface area contributed by atoms with Crippen LogP contribution in [0.1, 0.15) is 30.9 Å². The van der Waals surface area contributed by atoms with Crippen LogP contribution in [0.2, 0.25) is 6.32 Å². The molecule has 3 heteroatoms. The van der Waals surface area contributed by atoms with Crippen molar-refractivity contribution in [3.63, 3.8) is 0 Å². The van der Waals surface area contributed by atoms with Crippen molar-refractivity contribution in [3.8, 4) is 0 Å². The largest absolute Gasteiger partial charge is 0.379 e. The fraction of sp³-hybridized carbons (Fsp3) is 0.368. The summed E-state index contributed by atoms with van der Waals surface area (Å²) in [5, 5.41) is 11.8. The third-order valence-corrected chi connectivity index (χ3v) is 4.62. The summed E-state index contributed by atoms with van der Waals surface area (Å²) in [5.74, 6) is 0. The smallest absolute Gasteiger partial charge is 0.208 e. The first-order valence-electron chi connectivity index (χ1n) is 8.19. The first-order valence-corrected chi connectivity index (χ1v) is 8.19. The lowest BCUT2D eigenvalue weighted by Crippen LogP contribution is -2.49. The molecule has 1 N–H and O–H groups in total. The van der Waals surface area contributed by atoms with Crippen LogP contribution in [0, 0.1) is 0 Å². The van der Waals surface area contributed by atoms with Gasteiger partial charge in [0.1, 0.15) is 5.60 Å². The highest BCUT2D eigenvalue weighted by atomic mass is 16.3. The predicted octanol–water partition coefficient (Wildman–Crippen LogP) is 3.44. The Morgan fingerprint density at radius 2 is 1.59 bits per heavy atom. The lowest BCUT2D eigenvalue weighted by atomic mass is 9.75. The van der Waals surface area contributed by atoms with Gasteiger partial charge in [0.15, 0.2) is 0 Å². The Morgan fingerprint density at radius 3 is 2.09 bits per heavy atom. The molecule has 3 rings (SSSR count). The molecule has 1 saturated heterocycles. The Balaban J connectivity index is 2.07. The minimum atomic E-state index is -0.968.